The first-order chi connectivity index (χ1) is 10.2. The standard InChI is InChI=1S/C16H22N4O2/c1-10-12(14(22)19-15(18-10)16(2,3)4)13(21)17-8-11-6-7-20(5)9-11/h6-7,9H,8H2,1-5H3,(H,17,21)(H,18,19,22). The highest BCUT2D eigenvalue weighted by Crippen LogP contribution is 2.17. The van der Waals surface area contributed by atoms with Gasteiger partial charge in [0.15, 0.2) is 0 Å². The quantitative estimate of drug-likeness (QED) is 0.904. The second kappa shape index (κ2) is 5.79. The fourth-order valence-corrected chi connectivity index (χ4v) is 2.14. The number of carbonyl (C=O) groups excluding carboxylic acids is 1. The highest BCUT2D eigenvalue weighted by atomic mass is 16.2. The number of hydrogen-bond acceptors (Lipinski definition) is 3. The third kappa shape index (κ3) is 3.44. The van der Waals surface area contributed by atoms with Crippen LogP contribution < -0.4 is 10.9 Å². The first-order valence-corrected chi connectivity index (χ1v) is 7.19. The van der Waals surface area contributed by atoms with Crippen LogP contribution in [0.3, 0.4) is 0 Å². The van der Waals surface area contributed by atoms with Crippen molar-refractivity contribution in [3.8, 4) is 0 Å². The third-order valence-electron chi connectivity index (χ3n) is 3.38. The van der Waals surface area contributed by atoms with E-state index in [1.807, 2.05) is 50.8 Å². The predicted octanol–water partition coefficient (Wildman–Crippen LogP) is 1.64. The molecule has 118 valence electrons. The number of nitrogens with zero attached hydrogens (tertiary/aromatic N) is 2. The summed E-state index contributed by atoms with van der Waals surface area (Å²) in [5.41, 5.74) is 0.818. The largest absolute Gasteiger partial charge is 0.357 e. The molecule has 0 aliphatic carbocycles. The molecule has 6 heteroatoms. The van der Waals surface area contributed by atoms with Gasteiger partial charge in [-0.15, -0.1) is 0 Å². The Morgan fingerprint density at radius 3 is 2.59 bits per heavy atom. The van der Waals surface area contributed by atoms with Gasteiger partial charge in [-0.25, -0.2) is 4.98 Å². The van der Waals surface area contributed by atoms with Crippen molar-refractivity contribution in [2.24, 2.45) is 7.05 Å². The first kappa shape index (κ1) is 16.0. The molecular formula is C16H22N4O2. The van der Waals surface area contributed by atoms with Crippen molar-refractivity contribution in [1.29, 1.82) is 0 Å². The van der Waals surface area contributed by atoms with Crippen LogP contribution in [-0.4, -0.2) is 20.4 Å². The Kier molecular flexibility index (Phi) is 4.21. The van der Waals surface area contributed by atoms with Gasteiger partial charge in [0.05, 0.1) is 5.69 Å². The van der Waals surface area contributed by atoms with Crippen LogP contribution >= 0.6 is 0 Å². The zero-order valence-corrected chi connectivity index (χ0v) is 13.7. The van der Waals surface area contributed by atoms with Crippen LogP contribution in [0.1, 0.15) is 48.2 Å². The topological polar surface area (TPSA) is 79.8 Å². The van der Waals surface area contributed by atoms with Crippen molar-refractivity contribution in [2.75, 3.05) is 0 Å². The van der Waals surface area contributed by atoms with Gasteiger partial charge in [-0.3, -0.25) is 9.59 Å². The minimum absolute atomic E-state index is 0.0731. The molecule has 0 radical (unpaired) electrons. The monoisotopic (exact) mass is 302 g/mol. The molecule has 6 nitrogen and oxygen atoms in total. The summed E-state index contributed by atoms with van der Waals surface area (Å²) in [5, 5.41) is 2.76. The molecule has 2 aromatic rings. The molecule has 0 unspecified atom stereocenters. The summed E-state index contributed by atoms with van der Waals surface area (Å²) < 4.78 is 1.90. The minimum atomic E-state index is -0.407. The molecule has 22 heavy (non-hydrogen) atoms. The highest BCUT2D eigenvalue weighted by Gasteiger charge is 2.22. The molecule has 1 amide bonds. The van der Waals surface area contributed by atoms with Gasteiger partial charge in [-0.05, 0) is 18.6 Å². The van der Waals surface area contributed by atoms with E-state index in [0.29, 0.717) is 18.1 Å². The Balaban J connectivity index is 2.21. The molecule has 0 aliphatic heterocycles. The number of amides is 1. The van der Waals surface area contributed by atoms with E-state index >= 15 is 0 Å². The van der Waals surface area contributed by atoms with Crippen molar-refractivity contribution in [2.45, 2.75) is 39.7 Å². The van der Waals surface area contributed by atoms with E-state index in [1.165, 1.54) is 0 Å². The van der Waals surface area contributed by atoms with Gasteiger partial charge in [0.25, 0.3) is 11.5 Å². The van der Waals surface area contributed by atoms with Crippen molar-refractivity contribution in [3.63, 3.8) is 0 Å². The number of aromatic nitrogens is 3. The SMILES string of the molecule is Cc1nc(C(C)(C)C)[nH]c(=O)c1C(=O)NCc1ccn(C)c1. The molecule has 0 aromatic carbocycles. The maximum Gasteiger partial charge on any atom is 0.264 e. The normalized spacial score (nSPS) is 11.5. The molecule has 2 N–H and O–H groups in total. The summed E-state index contributed by atoms with van der Waals surface area (Å²) in [6.07, 6.45) is 3.82. The minimum Gasteiger partial charge on any atom is -0.357 e. The molecule has 2 rings (SSSR count). The number of aromatic amines is 1. The summed E-state index contributed by atoms with van der Waals surface area (Å²) in [4.78, 5) is 31.5. The molecule has 0 saturated heterocycles. The Bertz CT molecular complexity index is 750. The van der Waals surface area contributed by atoms with Crippen LogP contribution in [0.25, 0.3) is 0 Å². The lowest BCUT2D eigenvalue weighted by Crippen LogP contribution is -2.33. The average Bonchev–Trinajstić information content (AvgIpc) is 2.80. The van der Waals surface area contributed by atoms with Crippen LogP contribution in [0.5, 0.6) is 0 Å². The predicted molar refractivity (Wildman–Crippen MR) is 84.9 cm³/mol. The van der Waals surface area contributed by atoms with Crippen molar-refractivity contribution in [1.82, 2.24) is 19.9 Å². The van der Waals surface area contributed by atoms with E-state index in [2.05, 4.69) is 15.3 Å². The summed E-state index contributed by atoms with van der Waals surface area (Å²) in [6.45, 7) is 7.93. The maximum atomic E-state index is 12.2. The van der Waals surface area contributed by atoms with Crippen LogP contribution in [0, 0.1) is 6.92 Å². The molecule has 0 atom stereocenters. The number of nitrogens with one attached hydrogen (secondary N) is 2. The smallest absolute Gasteiger partial charge is 0.264 e. The Hall–Kier alpha value is -2.37. The Labute approximate surface area is 129 Å². The van der Waals surface area contributed by atoms with Gasteiger partial charge in [-0.2, -0.15) is 0 Å². The molecule has 0 saturated carbocycles. The lowest BCUT2D eigenvalue weighted by molar-refractivity contribution is 0.0948. The van der Waals surface area contributed by atoms with Crippen LogP contribution in [0.4, 0.5) is 0 Å². The summed E-state index contributed by atoms with van der Waals surface area (Å²) in [6, 6.07) is 1.92. The zero-order valence-electron chi connectivity index (χ0n) is 13.7. The molecule has 0 spiro atoms. The molecule has 0 fully saturated rings. The van der Waals surface area contributed by atoms with Gasteiger partial charge in [-0.1, -0.05) is 20.8 Å². The molecular weight excluding hydrogens is 280 g/mol. The number of aryl methyl sites for hydroxylation is 2. The zero-order chi connectivity index (χ0) is 16.5. The van der Waals surface area contributed by atoms with Gasteiger partial charge in [0.1, 0.15) is 11.4 Å². The molecule has 0 bridgehead atoms. The third-order valence-corrected chi connectivity index (χ3v) is 3.38. The molecule has 2 aromatic heterocycles. The second-order valence-corrected chi connectivity index (χ2v) is 6.49. The van der Waals surface area contributed by atoms with E-state index < -0.39 is 11.5 Å². The summed E-state index contributed by atoms with van der Waals surface area (Å²) >= 11 is 0. The van der Waals surface area contributed by atoms with E-state index in [-0.39, 0.29) is 11.0 Å². The van der Waals surface area contributed by atoms with Gasteiger partial charge in [0.2, 0.25) is 0 Å². The number of H-pyrrole nitrogens is 1. The lowest BCUT2D eigenvalue weighted by Gasteiger charge is -2.18. The van der Waals surface area contributed by atoms with Crippen molar-refractivity contribution >= 4 is 5.91 Å². The Morgan fingerprint density at radius 2 is 2.09 bits per heavy atom. The van der Waals surface area contributed by atoms with Crippen LogP contribution in [-0.2, 0) is 19.0 Å². The molecule has 0 aliphatic rings. The number of hydrogen-bond donors (Lipinski definition) is 2. The van der Waals surface area contributed by atoms with E-state index in [0.717, 1.165) is 5.56 Å². The number of carbonyl (C=O) groups is 1. The fourth-order valence-electron chi connectivity index (χ4n) is 2.14. The fraction of sp³-hybridized carbons (Fsp3) is 0.438. The lowest BCUT2D eigenvalue weighted by atomic mass is 9.95. The summed E-state index contributed by atoms with van der Waals surface area (Å²) in [7, 11) is 1.91. The van der Waals surface area contributed by atoms with Crippen LogP contribution in [0.2, 0.25) is 0 Å². The van der Waals surface area contributed by atoms with Gasteiger partial charge >= 0.3 is 0 Å². The van der Waals surface area contributed by atoms with E-state index in [1.54, 1.807) is 6.92 Å². The first-order valence-electron chi connectivity index (χ1n) is 7.19. The van der Waals surface area contributed by atoms with Crippen LogP contribution in [0.15, 0.2) is 23.3 Å². The van der Waals surface area contributed by atoms with Gasteiger partial charge in [0, 0.05) is 31.4 Å². The maximum absolute atomic E-state index is 12.2. The van der Waals surface area contributed by atoms with E-state index in [9.17, 15) is 9.59 Å². The Morgan fingerprint density at radius 1 is 1.41 bits per heavy atom. The van der Waals surface area contributed by atoms with Crippen molar-refractivity contribution < 1.29 is 4.79 Å². The van der Waals surface area contributed by atoms with Gasteiger partial charge < -0.3 is 14.9 Å². The average molecular weight is 302 g/mol. The number of rotatable bonds is 3. The summed E-state index contributed by atoms with van der Waals surface area (Å²) in [5.74, 6) is 0.171. The van der Waals surface area contributed by atoms with E-state index in [4.69, 9.17) is 0 Å². The molecule has 2 heterocycles. The second-order valence-electron chi connectivity index (χ2n) is 6.49. The highest BCUT2D eigenvalue weighted by molar-refractivity contribution is 5.94. The van der Waals surface area contributed by atoms with Crippen molar-refractivity contribution in [3.05, 3.63) is 51.5 Å².